The van der Waals surface area contributed by atoms with Gasteiger partial charge in [0.05, 0.1) is 12.7 Å². The van der Waals surface area contributed by atoms with Crippen LogP contribution in [0, 0.1) is 5.92 Å². The molecule has 1 aromatic carbocycles. The Morgan fingerprint density at radius 3 is 2.62 bits per heavy atom. The summed E-state index contributed by atoms with van der Waals surface area (Å²) in [5, 5.41) is 3.52. The summed E-state index contributed by atoms with van der Waals surface area (Å²) >= 11 is 3.45. The minimum absolute atomic E-state index is 0.165. The monoisotopic (exact) mass is 283 g/mol. The second kappa shape index (κ2) is 5.30. The van der Waals surface area contributed by atoms with Crippen molar-refractivity contribution < 1.29 is 4.74 Å². The Labute approximate surface area is 106 Å². The van der Waals surface area contributed by atoms with Gasteiger partial charge in [0.2, 0.25) is 0 Å². The fourth-order valence-corrected chi connectivity index (χ4v) is 2.27. The molecule has 0 aliphatic carbocycles. The Morgan fingerprint density at radius 1 is 1.25 bits per heavy atom. The van der Waals surface area contributed by atoms with Crippen molar-refractivity contribution in [1.29, 1.82) is 0 Å². The van der Waals surface area contributed by atoms with Gasteiger partial charge in [-0.05, 0) is 30.5 Å². The highest BCUT2D eigenvalue weighted by atomic mass is 79.9. The first-order chi connectivity index (χ1) is 7.66. The molecule has 3 atom stereocenters. The minimum atomic E-state index is 0.165. The number of hydrogen-bond acceptors (Lipinski definition) is 2. The number of halogens is 1. The lowest BCUT2D eigenvalue weighted by Crippen LogP contribution is -2.32. The molecule has 0 radical (unpaired) electrons. The molecule has 3 heteroatoms. The fourth-order valence-electron chi connectivity index (χ4n) is 2.00. The first kappa shape index (κ1) is 12.1. The number of hydrogen-bond donors (Lipinski definition) is 1. The summed E-state index contributed by atoms with van der Waals surface area (Å²) in [7, 11) is 0. The maximum Gasteiger partial charge on any atom is 0.0975 e. The fraction of sp³-hybridized carbons (Fsp3) is 0.538. The van der Waals surface area contributed by atoms with Gasteiger partial charge in [0.15, 0.2) is 0 Å². The molecule has 0 spiro atoms. The molecule has 1 aromatic rings. The van der Waals surface area contributed by atoms with Crippen molar-refractivity contribution in [2.75, 3.05) is 13.2 Å². The van der Waals surface area contributed by atoms with Crippen LogP contribution in [-0.4, -0.2) is 19.2 Å². The Bertz CT molecular complexity index is 338. The predicted octanol–water partition coefficient (Wildman–Crippen LogP) is 3.13. The average Bonchev–Trinajstić information content (AvgIpc) is 2.44. The van der Waals surface area contributed by atoms with Crippen LogP contribution in [0.1, 0.15) is 25.5 Å². The van der Waals surface area contributed by atoms with Crippen LogP contribution < -0.4 is 5.32 Å². The summed E-state index contributed by atoms with van der Waals surface area (Å²) in [6.07, 6.45) is 0.165. The van der Waals surface area contributed by atoms with Crippen molar-refractivity contribution >= 4 is 15.9 Å². The van der Waals surface area contributed by atoms with Gasteiger partial charge in [-0.15, -0.1) is 0 Å². The largest absolute Gasteiger partial charge is 0.372 e. The maximum absolute atomic E-state index is 5.98. The van der Waals surface area contributed by atoms with E-state index < -0.39 is 0 Å². The van der Waals surface area contributed by atoms with Crippen molar-refractivity contribution in [3.8, 4) is 0 Å². The van der Waals surface area contributed by atoms with Crippen molar-refractivity contribution in [2.24, 2.45) is 5.92 Å². The molecule has 0 aromatic heterocycles. The first-order valence-electron chi connectivity index (χ1n) is 5.77. The Hall–Kier alpha value is -0.380. The normalized spacial score (nSPS) is 31.1. The number of ether oxygens (including phenoxy) is 1. The van der Waals surface area contributed by atoms with Gasteiger partial charge >= 0.3 is 0 Å². The predicted molar refractivity (Wildman–Crippen MR) is 69.5 cm³/mol. The number of benzene rings is 1. The third-order valence-electron chi connectivity index (χ3n) is 3.00. The van der Waals surface area contributed by atoms with Gasteiger partial charge < -0.3 is 10.1 Å². The van der Waals surface area contributed by atoms with E-state index in [1.54, 1.807) is 0 Å². The number of nitrogens with one attached hydrogen (secondary N) is 1. The first-order valence-corrected chi connectivity index (χ1v) is 6.56. The molecule has 0 saturated carbocycles. The summed E-state index contributed by atoms with van der Waals surface area (Å²) in [4.78, 5) is 0. The van der Waals surface area contributed by atoms with Crippen LogP contribution in [0.25, 0.3) is 0 Å². The second-order valence-corrected chi connectivity index (χ2v) is 5.52. The third-order valence-corrected chi connectivity index (χ3v) is 3.53. The molecule has 2 nitrogen and oxygen atoms in total. The van der Waals surface area contributed by atoms with Crippen LogP contribution in [0.4, 0.5) is 0 Å². The summed E-state index contributed by atoms with van der Waals surface area (Å²) in [6.45, 7) is 6.26. The van der Waals surface area contributed by atoms with E-state index in [1.165, 1.54) is 5.56 Å². The molecule has 1 saturated heterocycles. The highest BCUT2D eigenvalue weighted by Crippen LogP contribution is 2.25. The SMILES string of the molecule is CC1CNC(C)C(c2ccc(Br)cc2)OC1. The highest BCUT2D eigenvalue weighted by Gasteiger charge is 2.24. The van der Waals surface area contributed by atoms with Crippen LogP contribution in [0.3, 0.4) is 0 Å². The van der Waals surface area contributed by atoms with Gasteiger partial charge in [-0.25, -0.2) is 0 Å². The van der Waals surface area contributed by atoms with Crippen molar-refractivity contribution in [2.45, 2.75) is 26.0 Å². The zero-order chi connectivity index (χ0) is 11.5. The smallest absolute Gasteiger partial charge is 0.0975 e. The molecule has 1 heterocycles. The van der Waals surface area contributed by atoms with Gasteiger partial charge in [-0.1, -0.05) is 35.0 Å². The molecule has 1 aliphatic rings. The highest BCUT2D eigenvalue weighted by molar-refractivity contribution is 9.10. The maximum atomic E-state index is 5.98. The van der Waals surface area contributed by atoms with Gasteiger partial charge in [0.25, 0.3) is 0 Å². The molecular formula is C13H18BrNO. The molecule has 3 unspecified atom stereocenters. The number of rotatable bonds is 1. The zero-order valence-electron chi connectivity index (χ0n) is 9.74. The Morgan fingerprint density at radius 2 is 1.94 bits per heavy atom. The van der Waals surface area contributed by atoms with Gasteiger partial charge in [0.1, 0.15) is 0 Å². The van der Waals surface area contributed by atoms with Crippen molar-refractivity contribution in [1.82, 2.24) is 5.32 Å². The molecule has 1 fully saturated rings. The molecule has 1 N–H and O–H groups in total. The standard InChI is InChI=1S/C13H18BrNO/c1-9-7-15-10(2)13(16-8-9)11-3-5-12(14)6-4-11/h3-6,9-10,13,15H,7-8H2,1-2H3. The van der Waals surface area contributed by atoms with Crippen LogP contribution in [-0.2, 0) is 4.74 Å². The van der Waals surface area contributed by atoms with E-state index in [9.17, 15) is 0 Å². The van der Waals surface area contributed by atoms with E-state index in [0.29, 0.717) is 12.0 Å². The van der Waals surface area contributed by atoms with Gasteiger partial charge in [-0.3, -0.25) is 0 Å². The molecule has 1 aliphatic heterocycles. The van der Waals surface area contributed by atoms with E-state index in [4.69, 9.17) is 4.74 Å². The summed E-state index contributed by atoms with van der Waals surface area (Å²) in [5.41, 5.74) is 1.25. The lowest BCUT2D eigenvalue weighted by atomic mass is 10.0. The lowest BCUT2D eigenvalue weighted by molar-refractivity contribution is 0.0337. The van der Waals surface area contributed by atoms with Crippen LogP contribution in [0.15, 0.2) is 28.7 Å². The Kier molecular flexibility index (Phi) is 4.00. The molecule has 2 rings (SSSR count). The average molecular weight is 284 g/mol. The van der Waals surface area contributed by atoms with Crippen LogP contribution in [0.5, 0.6) is 0 Å². The lowest BCUT2D eigenvalue weighted by Gasteiger charge is -2.22. The van der Waals surface area contributed by atoms with Crippen LogP contribution >= 0.6 is 15.9 Å². The van der Waals surface area contributed by atoms with E-state index in [2.05, 4.69) is 59.4 Å². The summed E-state index contributed by atoms with van der Waals surface area (Å²) in [5.74, 6) is 0.586. The molecule has 0 amide bonds. The summed E-state index contributed by atoms with van der Waals surface area (Å²) < 4.78 is 7.09. The third kappa shape index (κ3) is 2.84. The molecule has 88 valence electrons. The van der Waals surface area contributed by atoms with E-state index >= 15 is 0 Å². The van der Waals surface area contributed by atoms with Crippen LogP contribution in [0.2, 0.25) is 0 Å². The van der Waals surface area contributed by atoms with E-state index in [-0.39, 0.29) is 6.10 Å². The van der Waals surface area contributed by atoms with Gasteiger partial charge in [-0.2, -0.15) is 0 Å². The molecule has 0 bridgehead atoms. The van der Waals surface area contributed by atoms with E-state index in [0.717, 1.165) is 17.6 Å². The molecule has 16 heavy (non-hydrogen) atoms. The Balaban J connectivity index is 2.15. The van der Waals surface area contributed by atoms with Crippen molar-refractivity contribution in [3.63, 3.8) is 0 Å². The topological polar surface area (TPSA) is 21.3 Å². The molecular weight excluding hydrogens is 266 g/mol. The second-order valence-electron chi connectivity index (χ2n) is 4.61. The van der Waals surface area contributed by atoms with Gasteiger partial charge in [0, 0.05) is 17.1 Å². The minimum Gasteiger partial charge on any atom is -0.372 e. The zero-order valence-corrected chi connectivity index (χ0v) is 11.3. The quantitative estimate of drug-likeness (QED) is 0.855. The van der Waals surface area contributed by atoms with E-state index in [1.807, 2.05) is 0 Å². The van der Waals surface area contributed by atoms with Crippen molar-refractivity contribution in [3.05, 3.63) is 34.3 Å². The summed E-state index contributed by atoms with van der Waals surface area (Å²) in [6, 6.07) is 8.76.